The van der Waals surface area contributed by atoms with E-state index in [-0.39, 0.29) is 11.8 Å². The van der Waals surface area contributed by atoms with Crippen molar-refractivity contribution in [3.05, 3.63) is 0 Å². The molecule has 12 heteroatoms. The lowest BCUT2D eigenvalue weighted by Gasteiger charge is -2.22. The summed E-state index contributed by atoms with van der Waals surface area (Å²) >= 11 is 0. The Bertz CT molecular complexity index is 293. The lowest BCUT2D eigenvalue weighted by molar-refractivity contribution is -0.136. The van der Waals surface area contributed by atoms with Gasteiger partial charge in [0, 0.05) is 0 Å². The Labute approximate surface area is 102 Å². The summed E-state index contributed by atoms with van der Waals surface area (Å²) in [7, 11) is -4.67. The number of aldehydes is 1. The number of hydrogen-bond acceptors (Lipinski definition) is 8. The smallest absolute Gasteiger partial charge is 0.394 e. The van der Waals surface area contributed by atoms with Gasteiger partial charge in [0.05, 0.1) is 6.61 Å². The molecule has 0 saturated heterocycles. The van der Waals surface area contributed by atoms with Crippen LogP contribution < -0.4 is 0 Å². The Morgan fingerprint density at radius 1 is 1.00 bits per heavy atom. The van der Waals surface area contributed by atoms with E-state index in [1.165, 1.54) is 0 Å². The first-order valence-electron chi connectivity index (χ1n) is 4.02. The van der Waals surface area contributed by atoms with Crippen LogP contribution in [0, 0.1) is 0 Å². The van der Waals surface area contributed by atoms with Crippen molar-refractivity contribution >= 4 is 16.7 Å². The molecule has 0 amide bonds. The average Bonchev–Trinajstić information content (AvgIpc) is 2.22. The van der Waals surface area contributed by atoms with Crippen molar-refractivity contribution in [3.8, 4) is 0 Å². The topological polar surface area (TPSA) is 224 Å². The van der Waals surface area contributed by atoms with Gasteiger partial charge in [-0.15, -0.1) is 0 Å². The molecule has 0 fully saturated rings. The SMILES string of the molecule is O.O=C[C@H](O)[C@@H](O)[C@H](O)[C@H](O)CO.O=S(=O)(O)O. The summed E-state index contributed by atoms with van der Waals surface area (Å²) in [4.78, 5) is 9.90. The van der Waals surface area contributed by atoms with Crippen molar-refractivity contribution in [2.45, 2.75) is 24.4 Å². The molecular formula is C6H16O11S. The first-order chi connectivity index (χ1) is 7.54. The van der Waals surface area contributed by atoms with Crippen LogP contribution in [0.25, 0.3) is 0 Å². The third-order valence-corrected chi connectivity index (χ3v) is 1.42. The number of carbonyl (C=O) groups excluding carboxylic acids is 1. The molecule has 4 atom stereocenters. The molecule has 9 N–H and O–H groups in total. The number of rotatable bonds is 5. The molecule has 0 aliphatic carbocycles. The minimum atomic E-state index is -4.67. The van der Waals surface area contributed by atoms with Crippen molar-refractivity contribution in [1.82, 2.24) is 0 Å². The summed E-state index contributed by atoms with van der Waals surface area (Å²) < 4.78 is 31.6. The van der Waals surface area contributed by atoms with Crippen LogP contribution in [0.4, 0.5) is 0 Å². The average molecular weight is 296 g/mol. The van der Waals surface area contributed by atoms with Gasteiger partial charge in [-0.3, -0.25) is 9.11 Å². The minimum absolute atomic E-state index is 0. The largest absolute Gasteiger partial charge is 0.412 e. The molecule has 0 heterocycles. The van der Waals surface area contributed by atoms with Gasteiger partial charge in [0.25, 0.3) is 0 Å². The van der Waals surface area contributed by atoms with Crippen LogP contribution in [0.15, 0.2) is 0 Å². The van der Waals surface area contributed by atoms with Crippen LogP contribution in [0.2, 0.25) is 0 Å². The van der Waals surface area contributed by atoms with Gasteiger partial charge in [-0.2, -0.15) is 8.42 Å². The number of aliphatic hydroxyl groups excluding tert-OH is 5. The summed E-state index contributed by atoms with van der Waals surface area (Å²) in [5.41, 5.74) is 0. The molecule has 18 heavy (non-hydrogen) atoms. The zero-order chi connectivity index (χ0) is 14.2. The highest BCUT2D eigenvalue weighted by molar-refractivity contribution is 7.79. The molecular weight excluding hydrogens is 280 g/mol. The molecule has 0 aromatic carbocycles. The number of hydrogen-bond donors (Lipinski definition) is 7. The van der Waals surface area contributed by atoms with E-state index in [0.717, 1.165) is 0 Å². The summed E-state index contributed by atoms with van der Waals surface area (Å²) in [6.45, 7) is -0.760. The molecule has 0 aliphatic rings. The van der Waals surface area contributed by atoms with Crippen LogP contribution in [0.1, 0.15) is 0 Å². The van der Waals surface area contributed by atoms with Gasteiger partial charge in [0.2, 0.25) is 0 Å². The normalized spacial score (nSPS) is 17.3. The summed E-state index contributed by atoms with van der Waals surface area (Å²) in [5.74, 6) is 0. The Kier molecular flexibility index (Phi) is 12.8. The second-order valence-electron chi connectivity index (χ2n) is 2.81. The van der Waals surface area contributed by atoms with Crippen LogP contribution in [-0.4, -0.2) is 85.8 Å². The van der Waals surface area contributed by atoms with E-state index < -0.39 is 41.4 Å². The predicted molar refractivity (Wildman–Crippen MR) is 55.0 cm³/mol. The Hall–Kier alpha value is -0.700. The Balaban J connectivity index is -0.000000321. The van der Waals surface area contributed by atoms with Gasteiger partial charge in [-0.1, -0.05) is 0 Å². The third kappa shape index (κ3) is 13.4. The molecule has 0 unspecified atom stereocenters. The first-order valence-corrected chi connectivity index (χ1v) is 5.42. The number of carbonyl (C=O) groups is 1. The fourth-order valence-corrected chi connectivity index (χ4v) is 0.618. The van der Waals surface area contributed by atoms with Crippen LogP contribution in [-0.2, 0) is 15.2 Å². The van der Waals surface area contributed by atoms with Gasteiger partial charge < -0.3 is 35.8 Å². The van der Waals surface area contributed by atoms with Crippen molar-refractivity contribution < 1.29 is 53.3 Å². The highest BCUT2D eigenvalue weighted by atomic mass is 32.3. The quantitative estimate of drug-likeness (QED) is 0.189. The van der Waals surface area contributed by atoms with E-state index in [0.29, 0.717) is 0 Å². The lowest BCUT2D eigenvalue weighted by atomic mass is 10.0. The number of aliphatic hydroxyl groups is 5. The van der Waals surface area contributed by atoms with Crippen LogP contribution in [0.3, 0.4) is 0 Å². The van der Waals surface area contributed by atoms with Crippen molar-refractivity contribution in [2.24, 2.45) is 0 Å². The van der Waals surface area contributed by atoms with Gasteiger partial charge in [-0.05, 0) is 0 Å². The molecule has 0 spiro atoms. The molecule has 11 nitrogen and oxygen atoms in total. The van der Waals surface area contributed by atoms with Crippen molar-refractivity contribution in [3.63, 3.8) is 0 Å². The van der Waals surface area contributed by atoms with Crippen molar-refractivity contribution in [1.29, 1.82) is 0 Å². The van der Waals surface area contributed by atoms with Gasteiger partial charge in [0.15, 0.2) is 6.29 Å². The second kappa shape index (κ2) is 10.2. The van der Waals surface area contributed by atoms with Crippen LogP contribution >= 0.6 is 0 Å². The summed E-state index contributed by atoms with van der Waals surface area (Å²) in [6.07, 6.45) is -6.84. The summed E-state index contributed by atoms with van der Waals surface area (Å²) in [5, 5.41) is 43.5. The molecule has 0 radical (unpaired) electrons. The fraction of sp³-hybridized carbons (Fsp3) is 0.833. The minimum Gasteiger partial charge on any atom is -0.412 e. The monoisotopic (exact) mass is 296 g/mol. The highest BCUT2D eigenvalue weighted by Crippen LogP contribution is 2.02. The predicted octanol–water partition coefficient (Wildman–Crippen LogP) is -4.86. The molecule has 0 rings (SSSR count). The lowest BCUT2D eigenvalue weighted by Crippen LogP contribution is -2.46. The maximum atomic E-state index is 9.90. The van der Waals surface area contributed by atoms with E-state index in [4.69, 9.17) is 43.1 Å². The first kappa shape index (κ1) is 22.5. The Morgan fingerprint density at radius 3 is 1.56 bits per heavy atom. The van der Waals surface area contributed by atoms with Gasteiger partial charge in [0.1, 0.15) is 24.4 Å². The molecule has 0 aromatic heterocycles. The zero-order valence-electron chi connectivity index (χ0n) is 8.86. The van der Waals surface area contributed by atoms with Crippen LogP contribution in [0.5, 0.6) is 0 Å². The molecule has 0 aliphatic heterocycles. The van der Waals surface area contributed by atoms with E-state index >= 15 is 0 Å². The third-order valence-electron chi connectivity index (χ3n) is 1.42. The Morgan fingerprint density at radius 2 is 1.33 bits per heavy atom. The molecule has 0 aromatic rings. The van der Waals surface area contributed by atoms with E-state index in [9.17, 15) is 4.79 Å². The van der Waals surface area contributed by atoms with E-state index in [1.807, 2.05) is 0 Å². The second-order valence-corrected chi connectivity index (χ2v) is 3.70. The maximum Gasteiger partial charge on any atom is 0.394 e. The highest BCUT2D eigenvalue weighted by Gasteiger charge is 2.29. The molecule has 0 bridgehead atoms. The van der Waals surface area contributed by atoms with Gasteiger partial charge >= 0.3 is 10.4 Å². The van der Waals surface area contributed by atoms with Gasteiger partial charge in [-0.25, -0.2) is 0 Å². The van der Waals surface area contributed by atoms with Crippen molar-refractivity contribution in [2.75, 3.05) is 6.61 Å². The molecule has 0 saturated carbocycles. The summed E-state index contributed by atoms with van der Waals surface area (Å²) in [6, 6.07) is 0. The maximum absolute atomic E-state index is 9.90. The zero-order valence-corrected chi connectivity index (χ0v) is 9.67. The van der Waals surface area contributed by atoms with E-state index in [2.05, 4.69) is 0 Å². The van der Waals surface area contributed by atoms with E-state index in [1.54, 1.807) is 0 Å². The standard InChI is InChI=1S/C6H12O6.H2O4S.H2O/c7-1-3(9)5(11)6(12)4(10)2-8;1-5(2,3)4;/h1,3-6,8-12H,2H2;(H2,1,2,3,4);1H2/t3-,4+,5+,6+;;/m0../s1. The fourth-order valence-electron chi connectivity index (χ4n) is 0.618. The molecule has 112 valence electrons.